The Bertz CT molecular complexity index is 586. The van der Waals surface area contributed by atoms with Crippen LogP contribution in [0.1, 0.15) is 29.9 Å². The number of fused-ring (bicyclic) bond motifs is 1. The molecule has 98 valence electrons. The van der Waals surface area contributed by atoms with E-state index < -0.39 is 0 Å². The third-order valence-electron chi connectivity index (χ3n) is 3.69. The van der Waals surface area contributed by atoms with E-state index in [1.165, 1.54) is 18.4 Å². The number of carbonyl (C=O) groups excluding carboxylic acids is 1. The number of nitrogens with zero attached hydrogens (tertiary/aromatic N) is 1. The number of hydrogen-bond acceptors (Lipinski definition) is 2. The molecule has 3 rings (SSSR count). The molecule has 0 saturated carbocycles. The van der Waals surface area contributed by atoms with Crippen molar-refractivity contribution >= 4 is 17.8 Å². The third kappa shape index (κ3) is 2.05. The van der Waals surface area contributed by atoms with E-state index in [-0.39, 0.29) is 0 Å². The summed E-state index contributed by atoms with van der Waals surface area (Å²) >= 11 is 0. The van der Waals surface area contributed by atoms with Gasteiger partial charge < -0.3 is 4.42 Å². The summed E-state index contributed by atoms with van der Waals surface area (Å²) in [6.07, 6.45) is 5.20. The first kappa shape index (κ1) is 12.0. The van der Waals surface area contributed by atoms with Gasteiger partial charge in [0, 0.05) is 17.7 Å². The Kier molecular flexibility index (Phi) is 3.11. The molecule has 0 atom stereocenters. The number of benzene rings is 1. The molecule has 1 aliphatic carbocycles. The number of rotatable bonds is 3. The maximum absolute atomic E-state index is 11.5. The van der Waals surface area contributed by atoms with Gasteiger partial charge in [-0.1, -0.05) is 18.2 Å². The van der Waals surface area contributed by atoms with Crippen LogP contribution >= 0.6 is 0 Å². The summed E-state index contributed by atoms with van der Waals surface area (Å²) in [6.45, 7) is 1.94. The van der Waals surface area contributed by atoms with Gasteiger partial charge in [-0.2, -0.15) is 0 Å². The van der Waals surface area contributed by atoms with Crippen LogP contribution in [0.3, 0.4) is 0 Å². The molecule has 2 aromatic rings. The molecule has 19 heavy (non-hydrogen) atoms. The number of aryl methyl sites for hydroxylation is 2. The van der Waals surface area contributed by atoms with Gasteiger partial charge in [0.2, 0.25) is 6.41 Å². The molecule has 0 N–H and O–H groups in total. The predicted octanol–water partition coefficient (Wildman–Crippen LogP) is 3.76. The van der Waals surface area contributed by atoms with E-state index in [4.69, 9.17) is 4.42 Å². The summed E-state index contributed by atoms with van der Waals surface area (Å²) in [7, 11) is 0. The molecular weight excluding hydrogens is 238 g/mol. The molecule has 1 aromatic carbocycles. The molecule has 0 spiro atoms. The number of amides is 1. The molecule has 0 radical (unpaired) electrons. The summed E-state index contributed by atoms with van der Waals surface area (Å²) in [4.78, 5) is 13.2. The van der Waals surface area contributed by atoms with E-state index in [0.717, 1.165) is 42.1 Å². The Morgan fingerprint density at radius 3 is 2.63 bits per heavy atom. The zero-order valence-corrected chi connectivity index (χ0v) is 11.1. The van der Waals surface area contributed by atoms with Crippen LogP contribution in [0.4, 0.5) is 11.4 Å². The van der Waals surface area contributed by atoms with Crippen LogP contribution in [-0.4, -0.2) is 6.41 Å². The van der Waals surface area contributed by atoms with Gasteiger partial charge in [0.1, 0.15) is 11.5 Å². The molecule has 1 aliphatic rings. The van der Waals surface area contributed by atoms with Crippen molar-refractivity contribution in [2.45, 2.75) is 32.6 Å². The van der Waals surface area contributed by atoms with Crippen molar-refractivity contribution in [3.05, 3.63) is 47.4 Å². The second kappa shape index (κ2) is 4.92. The van der Waals surface area contributed by atoms with Crippen molar-refractivity contribution in [1.82, 2.24) is 0 Å². The predicted molar refractivity (Wildman–Crippen MR) is 74.7 cm³/mol. The molecule has 1 amide bonds. The number of carbonyl (C=O) groups is 1. The summed E-state index contributed by atoms with van der Waals surface area (Å²) in [5.74, 6) is 1.89. The summed E-state index contributed by atoms with van der Waals surface area (Å²) < 4.78 is 5.84. The van der Waals surface area contributed by atoms with Crippen LogP contribution in [0, 0.1) is 6.92 Å². The van der Waals surface area contributed by atoms with E-state index in [9.17, 15) is 4.79 Å². The van der Waals surface area contributed by atoms with Gasteiger partial charge >= 0.3 is 0 Å². The van der Waals surface area contributed by atoms with Crippen LogP contribution in [0.25, 0.3) is 0 Å². The van der Waals surface area contributed by atoms with E-state index in [1.54, 1.807) is 4.90 Å². The first-order valence-corrected chi connectivity index (χ1v) is 6.72. The van der Waals surface area contributed by atoms with Crippen LogP contribution < -0.4 is 4.90 Å². The summed E-state index contributed by atoms with van der Waals surface area (Å²) in [5.41, 5.74) is 3.03. The highest BCUT2D eigenvalue weighted by Crippen LogP contribution is 2.38. The second-order valence-corrected chi connectivity index (χ2v) is 4.93. The normalized spacial score (nSPS) is 13.9. The lowest BCUT2D eigenvalue weighted by molar-refractivity contribution is -0.106. The standard InChI is InChI=1S/C16H17NO2/c1-12-16(14-9-5-6-10-15(14)19-12)17(11-18)13-7-3-2-4-8-13/h2-4,7-8,11H,5-6,9-10H2,1H3. The molecule has 3 nitrogen and oxygen atoms in total. The quantitative estimate of drug-likeness (QED) is 0.782. The number of hydrogen-bond donors (Lipinski definition) is 0. The Labute approximate surface area is 112 Å². The van der Waals surface area contributed by atoms with Gasteiger partial charge in [-0.3, -0.25) is 9.69 Å². The van der Waals surface area contributed by atoms with Crippen molar-refractivity contribution in [3.63, 3.8) is 0 Å². The minimum Gasteiger partial charge on any atom is -0.464 e. The molecule has 0 saturated heterocycles. The van der Waals surface area contributed by atoms with Gasteiger partial charge in [0.25, 0.3) is 0 Å². The Balaban J connectivity index is 2.09. The van der Waals surface area contributed by atoms with Gasteiger partial charge in [0.15, 0.2) is 0 Å². The fourth-order valence-electron chi connectivity index (χ4n) is 2.83. The zero-order chi connectivity index (χ0) is 13.2. The van der Waals surface area contributed by atoms with Crippen LogP contribution in [0.2, 0.25) is 0 Å². The molecule has 0 unspecified atom stereocenters. The van der Waals surface area contributed by atoms with E-state index in [1.807, 2.05) is 37.3 Å². The lowest BCUT2D eigenvalue weighted by Gasteiger charge is -2.20. The van der Waals surface area contributed by atoms with Gasteiger partial charge in [-0.05, 0) is 38.3 Å². The number of anilines is 2. The van der Waals surface area contributed by atoms with Crippen molar-refractivity contribution in [3.8, 4) is 0 Å². The van der Waals surface area contributed by atoms with Gasteiger partial charge in [-0.15, -0.1) is 0 Å². The van der Waals surface area contributed by atoms with Crippen molar-refractivity contribution in [2.75, 3.05) is 4.90 Å². The van der Waals surface area contributed by atoms with Crippen molar-refractivity contribution in [1.29, 1.82) is 0 Å². The average Bonchev–Trinajstić information content (AvgIpc) is 2.78. The molecule has 0 aliphatic heterocycles. The highest BCUT2D eigenvalue weighted by atomic mass is 16.3. The largest absolute Gasteiger partial charge is 0.464 e. The van der Waals surface area contributed by atoms with Crippen LogP contribution in [0.5, 0.6) is 0 Å². The fourth-order valence-corrected chi connectivity index (χ4v) is 2.83. The lowest BCUT2D eigenvalue weighted by Crippen LogP contribution is -2.16. The fraction of sp³-hybridized carbons (Fsp3) is 0.312. The van der Waals surface area contributed by atoms with Crippen molar-refractivity contribution < 1.29 is 9.21 Å². The third-order valence-corrected chi connectivity index (χ3v) is 3.69. The van der Waals surface area contributed by atoms with Crippen molar-refractivity contribution in [2.24, 2.45) is 0 Å². The molecule has 1 heterocycles. The molecular formula is C16H17NO2. The lowest BCUT2D eigenvalue weighted by atomic mass is 9.96. The smallest absolute Gasteiger partial charge is 0.218 e. The van der Waals surface area contributed by atoms with Gasteiger partial charge in [0.05, 0.1) is 5.69 Å². The summed E-state index contributed by atoms with van der Waals surface area (Å²) in [6, 6.07) is 9.71. The number of para-hydroxylation sites is 1. The second-order valence-electron chi connectivity index (χ2n) is 4.93. The topological polar surface area (TPSA) is 33.5 Å². The summed E-state index contributed by atoms with van der Waals surface area (Å²) in [5, 5.41) is 0. The Morgan fingerprint density at radius 1 is 1.16 bits per heavy atom. The number of furan rings is 1. The maximum atomic E-state index is 11.5. The first-order valence-electron chi connectivity index (χ1n) is 6.72. The molecule has 0 bridgehead atoms. The van der Waals surface area contributed by atoms with Crippen LogP contribution in [-0.2, 0) is 17.6 Å². The van der Waals surface area contributed by atoms with E-state index in [0.29, 0.717) is 0 Å². The zero-order valence-electron chi connectivity index (χ0n) is 11.1. The maximum Gasteiger partial charge on any atom is 0.218 e. The Morgan fingerprint density at radius 2 is 1.89 bits per heavy atom. The first-order chi connectivity index (χ1) is 9.31. The molecule has 1 aromatic heterocycles. The Hall–Kier alpha value is -2.03. The SMILES string of the molecule is Cc1oc2c(c1N(C=O)c1ccccc1)CCCC2. The highest BCUT2D eigenvalue weighted by molar-refractivity contribution is 5.89. The monoisotopic (exact) mass is 255 g/mol. The molecule has 3 heteroatoms. The van der Waals surface area contributed by atoms with Gasteiger partial charge in [-0.25, -0.2) is 0 Å². The molecule has 0 fully saturated rings. The average molecular weight is 255 g/mol. The minimum atomic E-state index is 0.836. The van der Waals surface area contributed by atoms with Crippen LogP contribution in [0.15, 0.2) is 34.7 Å². The van der Waals surface area contributed by atoms with E-state index in [2.05, 4.69) is 0 Å². The highest BCUT2D eigenvalue weighted by Gasteiger charge is 2.25. The van der Waals surface area contributed by atoms with E-state index >= 15 is 0 Å². The minimum absolute atomic E-state index is 0.836.